The quantitative estimate of drug-likeness (QED) is 0.240. The van der Waals surface area contributed by atoms with E-state index >= 15 is 0 Å². The first-order valence-electron chi connectivity index (χ1n) is 11.6. The van der Waals surface area contributed by atoms with Crippen LogP contribution in [-0.2, 0) is 21.4 Å². The van der Waals surface area contributed by atoms with Gasteiger partial charge in [-0.15, -0.1) is 0 Å². The lowest BCUT2D eigenvalue weighted by Crippen LogP contribution is -2.39. The monoisotopic (exact) mass is 534 g/mol. The average Bonchev–Trinajstić information content (AvgIpc) is 3.17. The van der Waals surface area contributed by atoms with Crippen LogP contribution in [0.3, 0.4) is 0 Å². The van der Waals surface area contributed by atoms with E-state index in [9.17, 15) is 13.2 Å². The lowest BCUT2D eigenvalue weighted by molar-refractivity contribution is -0.121. The number of benzene rings is 3. The van der Waals surface area contributed by atoms with Crippen LogP contribution >= 0.6 is 11.6 Å². The van der Waals surface area contributed by atoms with E-state index in [2.05, 4.69) is 15.1 Å². The van der Waals surface area contributed by atoms with Gasteiger partial charge in [-0.05, 0) is 61.9 Å². The normalized spacial score (nSPS) is 11.8. The Labute approximate surface area is 222 Å². The van der Waals surface area contributed by atoms with E-state index in [0.29, 0.717) is 5.02 Å². The predicted molar refractivity (Wildman–Crippen MR) is 146 cm³/mol. The third kappa shape index (κ3) is 6.35. The van der Waals surface area contributed by atoms with Crippen molar-refractivity contribution in [3.63, 3.8) is 0 Å². The van der Waals surface area contributed by atoms with Gasteiger partial charge in [0, 0.05) is 34.2 Å². The molecule has 0 bridgehead atoms. The number of hydrazone groups is 1. The number of para-hydroxylation sites is 1. The van der Waals surface area contributed by atoms with E-state index in [-0.39, 0.29) is 11.4 Å². The van der Waals surface area contributed by atoms with Crippen molar-refractivity contribution in [2.75, 3.05) is 6.54 Å². The summed E-state index contributed by atoms with van der Waals surface area (Å²) < 4.78 is 29.9. The first-order chi connectivity index (χ1) is 17.8. The number of carbonyl (C=O) groups is 1. The number of sulfonamides is 1. The standard InChI is InChI=1S/C28H27ClN4O3S/c1-21-17-24(22(2)33(21)26-11-7-4-8-12-26)18-30-31-28(34)20-32(19-23-9-5-3-6-10-23)37(35,36)27-15-13-25(29)14-16-27/h3-18H,19-20H2,1-2H3,(H,31,34). The summed E-state index contributed by atoms with van der Waals surface area (Å²) in [6.45, 7) is 3.60. The maximum Gasteiger partial charge on any atom is 0.255 e. The molecule has 4 rings (SSSR count). The van der Waals surface area contributed by atoms with E-state index in [4.69, 9.17) is 11.6 Å². The maximum absolute atomic E-state index is 13.4. The van der Waals surface area contributed by atoms with Crippen LogP contribution in [0.5, 0.6) is 0 Å². The summed E-state index contributed by atoms with van der Waals surface area (Å²) in [6.07, 6.45) is 1.56. The maximum atomic E-state index is 13.4. The minimum atomic E-state index is -3.97. The Bertz CT molecular complexity index is 1500. The van der Waals surface area contributed by atoms with E-state index in [1.165, 1.54) is 24.3 Å². The highest BCUT2D eigenvalue weighted by Gasteiger charge is 2.27. The fourth-order valence-corrected chi connectivity index (χ4v) is 5.54. The molecule has 3 aromatic carbocycles. The number of aromatic nitrogens is 1. The molecule has 0 spiro atoms. The number of rotatable bonds is 9. The lowest BCUT2D eigenvalue weighted by Gasteiger charge is -2.21. The molecule has 0 saturated carbocycles. The van der Waals surface area contributed by atoms with Crippen LogP contribution in [0.2, 0.25) is 5.02 Å². The van der Waals surface area contributed by atoms with Crippen molar-refractivity contribution in [3.8, 4) is 5.69 Å². The molecule has 9 heteroatoms. The van der Waals surface area contributed by atoms with E-state index in [1.807, 2.05) is 80.6 Å². The van der Waals surface area contributed by atoms with Gasteiger partial charge in [0.05, 0.1) is 17.7 Å². The summed E-state index contributed by atoms with van der Waals surface area (Å²) in [5.74, 6) is -0.554. The Morgan fingerprint density at radius 3 is 2.24 bits per heavy atom. The number of amides is 1. The number of aryl methyl sites for hydroxylation is 1. The van der Waals surface area contributed by atoms with Crippen molar-refractivity contribution in [2.45, 2.75) is 25.3 Å². The second-order valence-corrected chi connectivity index (χ2v) is 10.9. The Kier molecular flexibility index (Phi) is 8.23. The Morgan fingerprint density at radius 2 is 1.59 bits per heavy atom. The zero-order valence-electron chi connectivity index (χ0n) is 20.5. The molecule has 0 unspecified atom stereocenters. The smallest absolute Gasteiger partial charge is 0.255 e. The SMILES string of the molecule is Cc1cc(C=NNC(=O)CN(Cc2ccccc2)S(=O)(=O)c2ccc(Cl)cc2)c(C)n1-c1ccccc1. The summed E-state index contributed by atoms with van der Waals surface area (Å²) >= 11 is 5.93. The van der Waals surface area contributed by atoms with Crippen molar-refractivity contribution in [3.05, 3.63) is 119 Å². The molecule has 0 atom stereocenters. The molecule has 190 valence electrons. The van der Waals surface area contributed by atoms with Crippen LogP contribution in [0.1, 0.15) is 22.5 Å². The molecule has 0 saturated heterocycles. The zero-order chi connectivity index (χ0) is 26.4. The largest absolute Gasteiger partial charge is 0.318 e. The van der Waals surface area contributed by atoms with E-state index < -0.39 is 22.5 Å². The highest BCUT2D eigenvalue weighted by Crippen LogP contribution is 2.21. The highest BCUT2D eigenvalue weighted by molar-refractivity contribution is 7.89. The fourth-order valence-electron chi connectivity index (χ4n) is 4.03. The van der Waals surface area contributed by atoms with Gasteiger partial charge < -0.3 is 4.57 Å². The summed E-state index contributed by atoms with van der Waals surface area (Å²) in [6, 6.07) is 26.9. The first-order valence-corrected chi connectivity index (χ1v) is 13.4. The van der Waals surface area contributed by atoms with Gasteiger partial charge in [0.2, 0.25) is 10.0 Å². The van der Waals surface area contributed by atoms with Crippen molar-refractivity contribution in [1.82, 2.24) is 14.3 Å². The molecule has 0 aliphatic heterocycles. The number of nitrogens with zero attached hydrogens (tertiary/aromatic N) is 3. The third-order valence-corrected chi connectivity index (χ3v) is 7.91. The Hall–Kier alpha value is -3.72. The molecule has 1 N–H and O–H groups in total. The molecule has 1 heterocycles. The summed E-state index contributed by atoms with van der Waals surface area (Å²) in [5.41, 5.74) is 7.10. The number of hydrogen-bond donors (Lipinski definition) is 1. The van der Waals surface area contributed by atoms with Gasteiger partial charge in [0.25, 0.3) is 5.91 Å². The second kappa shape index (κ2) is 11.6. The minimum Gasteiger partial charge on any atom is -0.318 e. The summed E-state index contributed by atoms with van der Waals surface area (Å²) in [4.78, 5) is 12.8. The van der Waals surface area contributed by atoms with Gasteiger partial charge >= 0.3 is 0 Å². The van der Waals surface area contributed by atoms with Gasteiger partial charge in [0.1, 0.15) is 0 Å². The zero-order valence-corrected chi connectivity index (χ0v) is 22.1. The van der Waals surface area contributed by atoms with Crippen LogP contribution < -0.4 is 5.43 Å². The molecule has 1 amide bonds. The molecule has 7 nitrogen and oxygen atoms in total. The Morgan fingerprint density at radius 1 is 0.973 bits per heavy atom. The topological polar surface area (TPSA) is 83.8 Å². The molecule has 0 aliphatic rings. The average molecular weight is 535 g/mol. The molecule has 0 radical (unpaired) electrons. The fraction of sp³-hybridized carbons (Fsp3) is 0.143. The van der Waals surface area contributed by atoms with Gasteiger partial charge in [-0.25, -0.2) is 13.8 Å². The van der Waals surface area contributed by atoms with Crippen molar-refractivity contribution < 1.29 is 13.2 Å². The predicted octanol–water partition coefficient (Wildman–Crippen LogP) is 5.09. The number of halogens is 1. The van der Waals surface area contributed by atoms with Crippen molar-refractivity contribution >= 4 is 33.7 Å². The van der Waals surface area contributed by atoms with Gasteiger partial charge in [-0.1, -0.05) is 60.1 Å². The third-order valence-electron chi connectivity index (χ3n) is 5.85. The van der Waals surface area contributed by atoms with Crippen LogP contribution in [0, 0.1) is 13.8 Å². The Balaban J connectivity index is 1.51. The van der Waals surface area contributed by atoms with Crippen molar-refractivity contribution in [2.24, 2.45) is 5.10 Å². The van der Waals surface area contributed by atoms with Crippen LogP contribution in [0.15, 0.2) is 101 Å². The molecular weight excluding hydrogens is 508 g/mol. The van der Waals surface area contributed by atoms with Crippen LogP contribution in [-0.4, -0.2) is 36.0 Å². The molecule has 37 heavy (non-hydrogen) atoms. The summed E-state index contributed by atoms with van der Waals surface area (Å²) in [7, 11) is -3.97. The highest BCUT2D eigenvalue weighted by atomic mass is 35.5. The van der Waals surface area contributed by atoms with Gasteiger partial charge in [-0.3, -0.25) is 4.79 Å². The molecule has 1 aromatic heterocycles. The number of nitrogens with one attached hydrogen (secondary N) is 1. The molecule has 4 aromatic rings. The van der Waals surface area contributed by atoms with Gasteiger partial charge in [0.15, 0.2) is 0 Å². The number of hydrogen-bond acceptors (Lipinski definition) is 4. The first kappa shape index (κ1) is 26.3. The van der Waals surface area contributed by atoms with Crippen LogP contribution in [0.4, 0.5) is 0 Å². The van der Waals surface area contributed by atoms with Crippen molar-refractivity contribution in [1.29, 1.82) is 0 Å². The molecule has 0 fully saturated rings. The second-order valence-electron chi connectivity index (χ2n) is 8.50. The molecule has 0 aliphatic carbocycles. The van der Waals surface area contributed by atoms with Gasteiger partial charge in [-0.2, -0.15) is 9.41 Å². The molecular formula is C28H27ClN4O3S. The van der Waals surface area contributed by atoms with E-state index in [1.54, 1.807) is 6.21 Å². The lowest BCUT2D eigenvalue weighted by atomic mass is 10.2. The summed E-state index contributed by atoms with van der Waals surface area (Å²) in [5, 5.41) is 4.52. The van der Waals surface area contributed by atoms with E-state index in [0.717, 1.165) is 32.5 Å². The number of carbonyl (C=O) groups excluding carboxylic acids is 1. The minimum absolute atomic E-state index is 0.0289. The van der Waals surface area contributed by atoms with Crippen LogP contribution in [0.25, 0.3) is 5.69 Å².